The number of halogens is 1. The number of anilines is 1. The van der Waals surface area contributed by atoms with E-state index in [4.69, 9.17) is 0 Å². The van der Waals surface area contributed by atoms with Gasteiger partial charge in [0, 0.05) is 12.8 Å². The SMILES string of the molecule is CN(C)Cc1cnnn1-c1ccccc1C1C=Nc2ccc(F)cc2NC1=O. The predicted molar refractivity (Wildman–Crippen MR) is 105 cm³/mol. The molecule has 8 heteroatoms. The Morgan fingerprint density at radius 1 is 1.21 bits per heavy atom. The van der Waals surface area contributed by atoms with Crippen LogP contribution in [0.15, 0.2) is 53.7 Å². The number of hydrogen-bond acceptors (Lipinski definition) is 5. The maximum Gasteiger partial charge on any atom is 0.237 e. The zero-order valence-corrected chi connectivity index (χ0v) is 15.5. The molecule has 1 unspecified atom stereocenters. The average molecular weight is 378 g/mol. The first-order valence-electron chi connectivity index (χ1n) is 8.81. The van der Waals surface area contributed by atoms with Gasteiger partial charge in [-0.1, -0.05) is 23.4 Å². The minimum Gasteiger partial charge on any atom is -0.323 e. The molecule has 28 heavy (non-hydrogen) atoms. The Bertz CT molecular complexity index is 1060. The number of carbonyl (C=O) groups excluding carboxylic acids is 1. The van der Waals surface area contributed by atoms with Crippen molar-refractivity contribution in [3.8, 4) is 5.69 Å². The van der Waals surface area contributed by atoms with Gasteiger partial charge >= 0.3 is 0 Å². The second-order valence-corrected chi connectivity index (χ2v) is 6.84. The summed E-state index contributed by atoms with van der Waals surface area (Å²) in [5.41, 5.74) is 3.26. The molecule has 0 saturated carbocycles. The molecule has 2 heterocycles. The molecule has 142 valence electrons. The summed E-state index contributed by atoms with van der Waals surface area (Å²) in [6.07, 6.45) is 3.29. The Morgan fingerprint density at radius 3 is 2.86 bits per heavy atom. The van der Waals surface area contributed by atoms with Crippen molar-refractivity contribution < 1.29 is 9.18 Å². The molecule has 4 rings (SSSR count). The third kappa shape index (κ3) is 3.41. The van der Waals surface area contributed by atoms with E-state index in [2.05, 4.69) is 20.6 Å². The summed E-state index contributed by atoms with van der Waals surface area (Å²) in [6.45, 7) is 0.650. The molecule has 0 spiro atoms. The maximum atomic E-state index is 13.5. The fourth-order valence-electron chi connectivity index (χ4n) is 3.21. The van der Waals surface area contributed by atoms with Crippen LogP contribution in [0, 0.1) is 5.82 Å². The van der Waals surface area contributed by atoms with Crippen molar-refractivity contribution in [3.05, 3.63) is 65.7 Å². The minimum atomic E-state index is -0.650. The van der Waals surface area contributed by atoms with Crippen molar-refractivity contribution in [2.45, 2.75) is 12.5 Å². The lowest BCUT2D eigenvalue weighted by molar-refractivity contribution is -0.116. The topological polar surface area (TPSA) is 75.4 Å². The number of carbonyl (C=O) groups is 1. The van der Waals surface area contributed by atoms with Crippen molar-refractivity contribution in [2.75, 3.05) is 19.4 Å². The third-order valence-corrected chi connectivity index (χ3v) is 4.46. The number of para-hydroxylation sites is 1. The highest BCUT2D eigenvalue weighted by atomic mass is 19.1. The van der Waals surface area contributed by atoms with E-state index in [9.17, 15) is 9.18 Å². The molecule has 0 aliphatic carbocycles. The lowest BCUT2D eigenvalue weighted by atomic mass is 9.97. The Balaban J connectivity index is 1.76. The van der Waals surface area contributed by atoms with Crippen LogP contribution >= 0.6 is 0 Å². The third-order valence-electron chi connectivity index (χ3n) is 4.46. The van der Waals surface area contributed by atoms with Gasteiger partial charge in [0.1, 0.15) is 11.7 Å². The van der Waals surface area contributed by atoms with Gasteiger partial charge in [-0.3, -0.25) is 9.79 Å². The zero-order valence-electron chi connectivity index (χ0n) is 15.5. The van der Waals surface area contributed by atoms with E-state index < -0.39 is 11.7 Å². The summed E-state index contributed by atoms with van der Waals surface area (Å²) < 4.78 is 15.3. The molecule has 1 aromatic heterocycles. The average Bonchev–Trinajstić information content (AvgIpc) is 3.04. The van der Waals surface area contributed by atoms with Crippen LogP contribution in [-0.2, 0) is 11.3 Å². The number of rotatable bonds is 4. The second kappa shape index (κ2) is 7.32. The molecule has 1 atom stereocenters. The lowest BCUT2D eigenvalue weighted by Crippen LogP contribution is -2.23. The summed E-state index contributed by atoms with van der Waals surface area (Å²) in [7, 11) is 3.93. The van der Waals surface area contributed by atoms with Gasteiger partial charge in [0.15, 0.2) is 0 Å². The van der Waals surface area contributed by atoms with Gasteiger partial charge in [-0.15, -0.1) is 5.10 Å². The Hall–Kier alpha value is -3.39. The number of benzene rings is 2. The summed E-state index contributed by atoms with van der Waals surface area (Å²) in [5.74, 6) is -1.36. The number of nitrogens with zero attached hydrogens (tertiary/aromatic N) is 5. The van der Waals surface area contributed by atoms with E-state index >= 15 is 0 Å². The largest absolute Gasteiger partial charge is 0.323 e. The standard InChI is InChI=1S/C20H19FN6O/c1-26(2)12-14-10-23-25-27(14)19-6-4-3-5-15(19)16-11-22-17-8-7-13(21)9-18(17)24-20(16)28/h3-11,16H,12H2,1-2H3,(H,24,28). The Kier molecular flexibility index (Phi) is 4.70. The van der Waals surface area contributed by atoms with E-state index in [1.807, 2.05) is 43.3 Å². The molecular weight excluding hydrogens is 359 g/mol. The van der Waals surface area contributed by atoms with E-state index in [-0.39, 0.29) is 5.91 Å². The predicted octanol–water partition coefficient (Wildman–Crippen LogP) is 2.91. The van der Waals surface area contributed by atoms with Crippen LogP contribution in [0.2, 0.25) is 0 Å². The second-order valence-electron chi connectivity index (χ2n) is 6.84. The van der Waals surface area contributed by atoms with Crippen LogP contribution in [0.4, 0.5) is 15.8 Å². The van der Waals surface area contributed by atoms with Crippen LogP contribution in [-0.4, -0.2) is 46.1 Å². The first kappa shape index (κ1) is 18.0. The smallest absolute Gasteiger partial charge is 0.237 e. The number of aromatic nitrogens is 3. The van der Waals surface area contributed by atoms with Crippen LogP contribution in [0.5, 0.6) is 0 Å². The normalized spacial score (nSPS) is 16.0. The molecular formula is C20H19FN6O. The molecule has 2 aromatic carbocycles. The highest BCUT2D eigenvalue weighted by Gasteiger charge is 2.26. The van der Waals surface area contributed by atoms with Gasteiger partial charge in [0.2, 0.25) is 5.91 Å². The fraction of sp³-hybridized carbons (Fsp3) is 0.200. The molecule has 0 fully saturated rings. The van der Waals surface area contributed by atoms with Crippen LogP contribution in [0.1, 0.15) is 17.2 Å². The molecule has 1 aliphatic rings. The molecule has 1 aliphatic heterocycles. The fourth-order valence-corrected chi connectivity index (χ4v) is 3.21. The zero-order chi connectivity index (χ0) is 19.7. The van der Waals surface area contributed by atoms with Gasteiger partial charge in [-0.05, 0) is 43.9 Å². The summed E-state index contributed by atoms with van der Waals surface area (Å²) in [5, 5.41) is 11.0. The molecule has 1 amide bonds. The molecule has 0 saturated heterocycles. The molecule has 0 radical (unpaired) electrons. The van der Waals surface area contributed by atoms with Gasteiger partial charge in [-0.25, -0.2) is 9.07 Å². The molecule has 1 N–H and O–H groups in total. The molecule has 3 aromatic rings. The summed E-state index contributed by atoms with van der Waals surface area (Å²) in [4.78, 5) is 19.3. The van der Waals surface area contributed by atoms with E-state index in [1.54, 1.807) is 23.2 Å². The highest BCUT2D eigenvalue weighted by molar-refractivity contribution is 6.10. The van der Waals surface area contributed by atoms with Crippen molar-refractivity contribution in [2.24, 2.45) is 4.99 Å². The van der Waals surface area contributed by atoms with Crippen LogP contribution < -0.4 is 5.32 Å². The summed E-state index contributed by atoms with van der Waals surface area (Å²) in [6, 6.07) is 11.6. The minimum absolute atomic E-state index is 0.283. The Morgan fingerprint density at radius 2 is 2.04 bits per heavy atom. The van der Waals surface area contributed by atoms with Gasteiger partial charge in [-0.2, -0.15) is 0 Å². The van der Waals surface area contributed by atoms with Gasteiger partial charge in [0.25, 0.3) is 0 Å². The van der Waals surface area contributed by atoms with E-state index in [0.717, 1.165) is 16.9 Å². The van der Waals surface area contributed by atoms with Crippen LogP contribution in [0.25, 0.3) is 5.69 Å². The number of hydrogen-bond donors (Lipinski definition) is 1. The monoisotopic (exact) mass is 378 g/mol. The van der Waals surface area contributed by atoms with Crippen molar-refractivity contribution in [3.63, 3.8) is 0 Å². The van der Waals surface area contributed by atoms with Crippen molar-refractivity contribution in [1.29, 1.82) is 0 Å². The first-order chi connectivity index (χ1) is 13.5. The van der Waals surface area contributed by atoms with E-state index in [1.165, 1.54) is 12.1 Å². The molecule has 7 nitrogen and oxygen atoms in total. The maximum absolute atomic E-state index is 13.5. The van der Waals surface area contributed by atoms with Crippen molar-refractivity contribution in [1.82, 2.24) is 19.9 Å². The molecule has 0 bridgehead atoms. The Labute approximate surface area is 161 Å². The van der Waals surface area contributed by atoms with Gasteiger partial charge in [0.05, 0.1) is 29.0 Å². The number of aliphatic imine (C=N–C) groups is 1. The number of fused-ring (bicyclic) bond motifs is 1. The van der Waals surface area contributed by atoms with Crippen LogP contribution in [0.3, 0.4) is 0 Å². The van der Waals surface area contributed by atoms with Gasteiger partial charge < -0.3 is 10.2 Å². The summed E-state index contributed by atoms with van der Waals surface area (Å²) >= 11 is 0. The quantitative estimate of drug-likeness (QED) is 0.757. The highest BCUT2D eigenvalue weighted by Crippen LogP contribution is 2.32. The first-order valence-corrected chi connectivity index (χ1v) is 8.81. The number of nitrogens with one attached hydrogen (secondary N) is 1. The lowest BCUT2D eigenvalue weighted by Gasteiger charge is -2.17. The number of amides is 1. The van der Waals surface area contributed by atoms with E-state index in [0.29, 0.717) is 17.9 Å². The van der Waals surface area contributed by atoms with Crippen molar-refractivity contribution >= 4 is 23.5 Å².